The van der Waals surface area contributed by atoms with Crippen LogP contribution in [0.4, 0.5) is 5.13 Å². The Kier molecular flexibility index (Phi) is 5.31. The highest BCUT2D eigenvalue weighted by atomic mass is 35.5. The van der Waals surface area contributed by atoms with E-state index in [4.69, 9.17) is 16.3 Å². The summed E-state index contributed by atoms with van der Waals surface area (Å²) in [5, 5.41) is 3.80. The van der Waals surface area contributed by atoms with Gasteiger partial charge < -0.3 is 10.1 Å². The van der Waals surface area contributed by atoms with E-state index in [2.05, 4.69) is 14.7 Å². The normalized spacial score (nSPS) is 10.3. The highest BCUT2D eigenvalue weighted by Crippen LogP contribution is 2.23. The topological polar surface area (TPSA) is 64.1 Å². The first-order valence-corrected chi connectivity index (χ1v) is 7.28. The first kappa shape index (κ1) is 14.7. The molecule has 1 N–H and O–H groups in total. The molecule has 0 aliphatic carbocycles. The number of carbonyl (C=O) groups excluding carboxylic acids is 1. The Hall–Kier alpha value is -1.66. The number of hydrogen-bond acceptors (Lipinski definition) is 5. The van der Waals surface area contributed by atoms with Crippen molar-refractivity contribution in [2.24, 2.45) is 0 Å². The minimum atomic E-state index is -0.0936. The van der Waals surface area contributed by atoms with Gasteiger partial charge in [-0.25, -0.2) is 4.98 Å². The van der Waals surface area contributed by atoms with Gasteiger partial charge in [-0.3, -0.25) is 4.79 Å². The zero-order chi connectivity index (χ0) is 14.4. The molecule has 5 nitrogen and oxygen atoms in total. The molecule has 0 saturated heterocycles. The van der Waals surface area contributed by atoms with Crippen LogP contribution in [0.1, 0.15) is 18.7 Å². The van der Waals surface area contributed by atoms with E-state index in [0.29, 0.717) is 41.2 Å². The fourth-order valence-corrected chi connectivity index (χ4v) is 2.29. The number of nitrogens with one attached hydrogen (secondary N) is 1. The molecule has 0 unspecified atom stereocenters. The summed E-state index contributed by atoms with van der Waals surface area (Å²) in [4.78, 5) is 15.7. The average molecular weight is 312 g/mol. The maximum absolute atomic E-state index is 11.6. The standard InChI is InChI=1S/C13H14ClN3O2S/c1-9-15-13(20-17-9)16-12(18)7-4-8-19-11-6-3-2-5-10(11)14/h2-3,5-6H,4,7-8H2,1H3,(H,15,16,17,18). The number of hydrogen-bond donors (Lipinski definition) is 1. The number of aromatic nitrogens is 2. The Bertz CT molecular complexity index is 589. The molecular weight excluding hydrogens is 298 g/mol. The third-order valence-corrected chi connectivity index (χ3v) is 3.45. The molecule has 1 aromatic carbocycles. The predicted octanol–water partition coefficient (Wildman–Crippen LogP) is 3.30. The number of halogens is 1. The van der Waals surface area contributed by atoms with Crippen molar-refractivity contribution >= 4 is 34.2 Å². The Morgan fingerprint density at radius 3 is 2.95 bits per heavy atom. The minimum absolute atomic E-state index is 0.0936. The van der Waals surface area contributed by atoms with Crippen molar-refractivity contribution in [1.29, 1.82) is 0 Å². The lowest BCUT2D eigenvalue weighted by Crippen LogP contribution is -2.12. The zero-order valence-electron chi connectivity index (χ0n) is 10.9. The maximum atomic E-state index is 11.6. The molecule has 1 amide bonds. The lowest BCUT2D eigenvalue weighted by Gasteiger charge is -2.07. The molecule has 106 valence electrons. The van der Waals surface area contributed by atoms with Gasteiger partial charge in [0, 0.05) is 18.0 Å². The number of amides is 1. The van der Waals surface area contributed by atoms with Gasteiger partial charge >= 0.3 is 0 Å². The molecule has 0 aliphatic heterocycles. The van der Waals surface area contributed by atoms with Crippen molar-refractivity contribution in [3.05, 3.63) is 35.1 Å². The van der Waals surface area contributed by atoms with Gasteiger partial charge in [0.05, 0.1) is 11.6 Å². The van der Waals surface area contributed by atoms with Crippen LogP contribution in [0.5, 0.6) is 5.75 Å². The lowest BCUT2D eigenvalue weighted by molar-refractivity contribution is -0.116. The number of nitrogens with zero attached hydrogens (tertiary/aromatic N) is 2. The summed E-state index contributed by atoms with van der Waals surface area (Å²) in [6, 6.07) is 7.26. The summed E-state index contributed by atoms with van der Waals surface area (Å²) in [5.74, 6) is 1.20. The molecule has 20 heavy (non-hydrogen) atoms. The van der Waals surface area contributed by atoms with Crippen LogP contribution in [0, 0.1) is 6.92 Å². The molecule has 1 aromatic heterocycles. The van der Waals surface area contributed by atoms with Gasteiger partial charge in [-0.15, -0.1) is 0 Å². The average Bonchev–Trinajstić information content (AvgIpc) is 2.82. The highest BCUT2D eigenvalue weighted by molar-refractivity contribution is 7.09. The van der Waals surface area contributed by atoms with Crippen molar-refractivity contribution in [3.63, 3.8) is 0 Å². The van der Waals surface area contributed by atoms with Crippen molar-refractivity contribution in [3.8, 4) is 5.75 Å². The van der Waals surface area contributed by atoms with Crippen LogP contribution >= 0.6 is 23.1 Å². The van der Waals surface area contributed by atoms with E-state index >= 15 is 0 Å². The molecule has 1 heterocycles. The number of anilines is 1. The molecule has 0 radical (unpaired) electrons. The van der Waals surface area contributed by atoms with Crippen LogP contribution in [0.3, 0.4) is 0 Å². The SMILES string of the molecule is Cc1nsc(NC(=O)CCCOc2ccccc2Cl)n1. The van der Waals surface area contributed by atoms with Gasteiger partial charge in [-0.1, -0.05) is 23.7 Å². The first-order chi connectivity index (χ1) is 9.65. The third-order valence-electron chi connectivity index (χ3n) is 2.42. The summed E-state index contributed by atoms with van der Waals surface area (Å²) in [6.45, 7) is 2.22. The summed E-state index contributed by atoms with van der Waals surface area (Å²) < 4.78 is 9.50. The summed E-state index contributed by atoms with van der Waals surface area (Å²) >= 11 is 7.13. The van der Waals surface area contributed by atoms with Gasteiger partial charge in [0.1, 0.15) is 11.6 Å². The van der Waals surface area contributed by atoms with E-state index in [-0.39, 0.29) is 5.91 Å². The Balaban J connectivity index is 1.68. The molecule has 0 bridgehead atoms. The lowest BCUT2D eigenvalue weighted by atomic mass is 10.3. The highest BCUT2D eigenvalue weighted by Gasteiger charge is 2.06. The molecule has 2 rings (SSSR count). The van der Waals surface area contributed by atoms with Gasteiger partial charge in [-0.05, 0) is 25.5 Å². The molecule has 2 aromatic rings. The van der Waals surface area contributed by atoms with Gasteiger partial charge in [0.25, 0.3) is 0 Å². The molecule has 0 saturated carbocycles. The zero-order valence-corrected chi connectivity index (χ0v) is 12.5. The number of ether oxygens (including phenoxy) is 1. The monoisotopic (exact) mass is 311 g/mol. The second kappa shape index (κ2) is 7.21. The first-order valence-electron chi connectivity index (χ1n) is 6.12. The van der Waals surface area contributed by atoms with Gasteiger partial charge in [0.15, 0.2) is 0 Å². The van der Waals surface area contributed by atoms with E-state index in [1.807, 2.05) is 12.1 Å². The van der Waals surface area contributed by atoms with Crippen molar-refractivity contribution in [1.82, 2.24) is 9.36 Å². The number of rotatable bonds is 6. The van der Waals surface area contributed by atoms with Gasteiger partial charge in [-0.2, -0.15) is 4.37 Å². The van der Waals surface area contributed by atoms with Crippen LogP contribution < -0.4 is 10.1 Å². The fourth-order valence-electron chi connectivity index (χ4n) is 1.51. The molecule has 0 atom stereocenters. The Morgan fingerprint density at radius 1 is 1.45 bits per heavy atom. The number of para-hydroxylation sites is 1. The number of benzene rings is 1. The minimum Gasteiger partial charge on any atom is -0.492 e. The van der Waals surface area contributed by atoms with E-state index in [1.54, 1.807) is 19.1 Å². The number of carbonyl (C=O) groups is 1. The smallest absolute Gasteiger partial charge is 0.226 e. The van der Waals surface area contributed by atoms with E-state index < -0.39 is 0 Å². The summed E-state index contributed by atoms with van der Waals surface area (Å²) in [7, 11) is 0. The molecule has 0 spiro atoms. The van der Waals surface area contributed by atoms with Crippen molar-refractivity contribution < 1.29 is 9.53 Å². The van der Waals surface area contributed by atoms with Crippen molar-refractivity contribution in [2.75, 3.05) is 11.9 Å². The quantitative estimate of drug-likeness (QED) is 0.831. The molecule has 0 aliphatic rings. The summed E-state index contributed by atoms with van der Waals surface area (Å²) in [5.41, 5.74) is 0. The predicted molar refractivity (Wildman–Crippen MR) is 79.5 cm³/mol. The second-order valence-corrected chi connectivity index (χ2v) is 5.24. The van der Waals surface area contributed by atoms with Crippen LogP contribution in [-0.2, 0) is 4.79 Å². The largest absolute Gasteiger partial charge is 0.492 e. The van der Waals surface area contributed by atoms with Crippen LogP contribution in [-0.4, -0.2) is 21.9 Å². The van der Waals surface area contributed by atoms with Gasteiger partial charge in [0.2, 0.25) is 11.0 Å². The molecule has 7 heteroatoms. The number of aryl methyl sites for hydroxylation is 1. The molecule has 0 fully saturated rings. The van der Waals surface area contributed by atoms with Crippen LogP contribution in [0.15, 0.2) is 24.3 Å². The van der Waals surface area contributed by atoms with E-state index in [0.717, 1.165) is 0 Å². The third kappa shape index (κ3) is 4.47. The maximum Gasteiger partial charge on any atom is 0.226 e. The van der Waals surface area contributed by atoms with E-state index in [1.165, 1.54) is 11.5 Å². The Labute approximate surface area is 126 Å². The molecular formula is C13H14ClN3O2S. The fraction of sp³-hybridized carbons (Fsp3) is 0.308. The van der Waals surface area contributed by atoms with E-state index in [9.17, 15) is 4.79 Å². The van der Waals surface area contributed by atoms with Crippen LogP contribution in [0.25, 0.3) is 0 Å². The summed E-state index contributed by atoms with van der Waals surface area (Å²) in [6.07, 6.45) is 0.970. The Morgan fingerprint density at radius 2 is 2.25 bits per heavy atom. The second-order valence-electron chi connectivity index (χ2n) is 4.08. The van der Waals surface area contributed by atoms with Crippen LogP contribution in [0.2, 0.25) is 5.02 Å². The van der Waals surface area contributed by atoms with Crippen molar-refractivity contribution in [2.45, 2.75) is 19.8 Å².